The molecule has 0 amide bonds. The minimum atomic E-state index is 0.128. The summed E-state index contributed by atoms with van der Waals surface area (Å²) in [5.41, 5.74) is 8.30. The molecule has 0 bridgehead atoms. The Hall–Kier alpha value is -2.38. The molecule has 4 nitrogen and oxygen atoms in total. The highest BCUT2D eigenvalue weighted by Crippen LogP contribution is 2.21. The van der Waals surface area contributed by atoms with Gasteiger partial charge in [-0.25, -0.2) is 4.98 Å². The summed E-state index contributed by atoms with van der Waals surface area (Å²) in [6, 6.07) is 13.7. The summed E-state index contributed by atoms with van der Waals surface area (Å²) in [4.78, 5) is 4.03. The SMILES string of the molecule is CCC(N)Cc1ccccc1OCc1cccnc1C#N. The Balaban J connectivity index is 2.11. The van der Waals surface area contributed by atoms with E-state index in [4.69, 9.17) is 15.7 Å². The number of nitriles is 1. The van der Waals surface area contributed by atoms with Crippen molar-refractivity contribution in [3.8, 4) is 11.8 Å². The van der Waals surface area contributed by atoms with E-state index in [9.17, 15) is 0 Å². The molecule has 108 valence electrons. The second-order valence-electron chi connectivity index (χ2n) is 4.89. The van der Waals surface area contributed by atoms with Gasteiger partial charge in [-0.1, -0.05) is 31.2 Å². The Bertz CT molecular complexity index is 634. The van der Waals surface area contributed by atoms with Crippen molar-refractivity contribution in [2.75, 3.05) is 0 Å². The molecule has 0 radical (unpaired) electrons. The molecule has 0 aliphatic rings. The van der Waals surface area contributed by atoms with Gasteiger partial charge in [-0.15, -0.1) is 0 Å². The molecule has 1 aromatic heterocycles. The van der Waals surface area contributed by atoms with E-state index in [0.29, 0.717) is 12.3 Å². The van der Waals surface area contributed by atoms with Crippen LogP contribution >= 0.6 is 0 Å². The Morgan fingerprint density at radius 2 is 2.00 bits per heavy atom. The maximum absolute atomic E-state index is 9.04. The first kappa shape index (κ1) is 15.0. The minimum absolute atomic E-state index is 0.128. The van der Waals surface area contributed by atoms with Crippen LogP contribution in [0.4, 0.5) is 0 Å². The van der Waals surface area contributed by atoms with Gasteiger partial charge in [-0.2, -0.15) is 5.26 Å². The van der Waals surface area contributed by atoms with Crippen LogP contribution in [0.1, 0.15) is 30.2 Å². The van der Waals surface area contributed by atoms with Gasteiger partial charge in [-0.3, -0.25) is 0 Å². The molecule has 1 unspecified atom stereocenters. The number of hydrogen-bond donors (Lipinski definition) is 1. The molecule has 2 N–H and O–H groups in total. The molecule has 2 aromatic rings. The number of rotatable bonds is 6. The molecular formula is C17H19N3O. The smallest absolute Gasteiger partial charge is 0.147 e. The fourth-order valence-corrected chi connectivity index (χ4v) is 2.05. The van der Waals surface area contributed by atoms with Gasteiger partial charge >= 0.3 is 0 Å². The van der Waals surface area contributed by atoms with E-state index in [0.717, 1.165) is 29.7 Å². The zero-order valence-corrected chi connectivity index (χ0v) is 12.1. The minimum Gasteiger partial charge on any atom is -0.489 e. The molecule has 2 rings (SSSR count). The Kier molecular flexibility index (Phi) is 5.30. The third-order valence-electron chi connectivity index (χ3n) is 3.36. The van der Waals surface area contributed by atoms with Gasteiger partial charge in [-0.05, 0) is 30.5 Å². The van der Waals surface area contributed by atoms with Crippen molar-refractivity contribution in [1.29, 1.82) is 5.26 Å². The standard InChI is InChI=1S/C17H19N3O/c1-2-15(19)10-13-6-3-4-8-17(13)21-12-14-7-5-9-20-16(14)11-18/h3-9,15H,2,10,12,19H2,1H3. The van der Waals surface area contributed by atoms with Crippen LogP contribution in [0, 0.1) is 11.3 Å². The summed E-state index contributed by atoms with van der Waals surface area (Å²) in [6.07, 6.45) is 3.32. The van der Waals surface area contributed by atoms with Gasteiger partial charge < -0.3 is 10.5 Å². The number of aromatic nitrogens is 1. The van der Waals surface area contributed by atoms with Crippen LogP contribution in [-0.4, -0.2) is 11.0 Å². The van der Waals surface area contributed by atoms with Gasteiger partial charge in [0.25, 0.3) is 0 Å². The highest BCUT2D eigenvalue weighted by molar-refractivity contribution is 5.35. The Morgan fingerprint density at radius 1 is 1.24 bits per heavy atom. The molecule has 1 atom stereocenters. The van der Waals surface area contributed by atoms with E-state index in [1.165, 1.54) is 0 Å². The molecule has 4 heteroatoms. The summed E-state index contributed by atoms with van der Waals surface area (Å²) in [5, 5.41) is 9.04. The quantitative estimate of drug-likeness (QED) is 0.883. The van der Waals surface area contributed by atoms with E-state index in [1.807, 2.05) is 30.3 Å². The van der Waals surface area contributed by atoms with Crippen LogP contribution in [0.2, 0.25) is 0 Å². The molecule has 0 aliphatic heterocycles. The van der Waals surface area contributed by atoms with Crippen LogP contribution in [0.25, 0.3) is 0 Å². The molecular weight excluding hydrogens is 262 g/mol. The van der Waals surface area contributed by atoms with Gasteiger partial charge in [0.15, 0.2) is 0 Å². The maximum atomic E-state index is 9.04. The average Bonchev–Trinajstić information content (AvgIpc) is 2.54. The second-order valence-corrected chi connectivity index (χ2v) is 4.89. The van der Waals surface area contributed by atoms with E-state index in [2.05, 4.69) is 18.0 Å². The fraction of sp³-hybridized carbons (Fsp3) is 0.294. The molecule has 0 saturated heterocycles. The van der Waals surface area contributed by atoms with E-state index >= 15 is 0 Å². The highest BCUT2D eigenvalue weighted by atomic mass is 16.5. The Morgan fingerprint density at radius 3 is 2.76 bits per heavy atom. The average molecular weight is 281 g/mol. The third kappa shape index (κ3) is 4.04. The van der Waals surface area contributed by atoms with Crippen molar-refractivity contribution >= 4 is 0 Å². The van der Waals surface area contributed by atoms with Crippen molar-refractivity contribution in [2.24, 2.45) is 5.73 Å². The third-order valence-corrected chi connectivity index (χ3v) is 3.36. The van der Waals surface area contributed by atoms with Crippen LogP contribution < -0.4 is 10.5 Å². The largest absolute Gasteiger partial charge is 0.489 e. The van der Waals surface area contributed by atoms with Crippen LogP contribution in [0.15, 0.2) is 42.6 Å². The van der Waals surface area contributed by atoms with Crippen molar-refractivity contribution in [3.05, 3.63) is 59.4 Å². The molecule has 1 heterocycles. The fourth-order valence-electron chi connectivity index (χ4n) is 2.05. The molecule has 0 saturated carbocycles. The number of benzene rings is 1. The number of ether oxygens (including phenoxy) is 1. The van der Waals surface area contributed by atoms with Crippen molar-refractivity contribution in [2.45, 2.75) is 32.4 Å². The molecule has 0 spiro atoms. The zero-order chi connectivity index (χ0) is 15.1. The molecule has 0 fully saturated rings. The van der Waals surface area contributed by atoms with E-state index in [-0.39, 0.29) is 6.04 Å². The first-order chi connectivity index (χ1) is 10.2. The molecule has 0 aliphatic carbocycles. The number of nitrogens with two attached hydrogens (primary N) is 1. The number of nitrogens with zero attached hydrogens (tertiary/aromatic N) is 2. The van der Waals surface area contributed by atoms with Crippen molar-refractivity contribution < 1.29 is 4.74 Å². The van der Waals surface area contributed by atoms with E-state index < -0.39 is 0 Å². The van der Waals surface area contributed by atoms with Gasteiger partial charge in [0.2, 0.25) is 0 Å². The Labute approximate surface area is 125 Å². The number of pyridine rings is 1. The highest BCUT2D eigenvalue weighted by Gasteiger charge is 2.09. The number of hydrogen-bond acceptors (Lipinski definition) is 4. The summed E-state index contributed by atoms with van der Waals surface area (Å²) >= 11 is 0. The number of para-hydroxylation sites is 1. The maximum Gasteiger partial charge on any atom is 0.147 e. The molecule has 21 heavy (non-hydrogen) atoms. The van der Waals surface area contributed by atoms with Gasteiger partial charge in [0.05, 0.1) is 0 Å². The lowest BCUT2D eigenvalue weighted by Gasteiger charge is -2.14. The van der Waals surface area contributed by atoms with Crippen LogP contribution in [0.3, 0.4) is 0 Å². The topological polar surface area (TPSA) is 71.9 Å². The molecule has 1 aromatic carbocycles. The zero-order valence-electron chi connectivity index (χ0n) is 12.1. The van der Waals surface area contributed by atoms with Gasteiger partial charge in [0.1, 0.15) is 24.1 Å². The first-order valence-corrected chi connectivity index (χ1v) is 7.04. The van der Waals surface area contributed by atoms with Crippen LogP contribution in [0.5, 0.6) is 5.75 Å². The lowest BCUT2D eigenvalue weighted by molar-refractivity contribution is 0.301. The van der Waals surface area contributed by atoms with Crippen molar-refractivity contribution in [1.82, 2.24) is 4.98 Å². The summed E-state index contributed by atoms with van der Waals surface area (Å²) in [5.74, 6) is 0.814. The van der Waals surface area contributed by atoms with Gasteiger partial charge in [0, 0.05) is 17.8 Å². The summed E-state index contributed by atoms with van der Waals surface area (Å²) < 4.78 is 5.86. The first-order valence-electron chi connectivity index (χ1n) is 7.04. The normalized spacial score (nSPS) is 11.7. The predicted octanol–water partition coefficient (Wildman–Crippen LogP) is 2.81. The lowest BCUT2D eigenvalue weighted by atomic mass is 10.0. The second kappa shape index (κ2) is 7.41. The summed E-state index contributed by atoms with van der Waals surface area (Å²) in [6.45, 7) is 2.40. The van der Waals surface area contributed by atoms with Crippen molar-refractivity contribution in [3.63, 3.8) is 0 Å². The monoisotopic (exact) mass is 281 g/mol. The summed E-state index contributed by atoms with van der Waals surface area (Å²) in [7, 11) is 0. The predicted molar refractivity (Wildman–Crippen MR) is 81.7 cm³/mol. The lowest BCUT2D eigenvalue weighted by Crippen LogP contribution is -2.21. The van der Waals surface area contributed by atoms with Crippen LogP contribution in [-0.2, 0) is 13.0 Å². The van der Waals surface area contributed by atoms with E-state index in [1.54, 1.807) is 12.3 Å².